The Morgan fingerprint density at radius 2 is 1.92 bits per heavy atom. The molecule has 1 nitrogen and oxygen atoms in total. The van der Waals surface area contributed by atoms with Crippen molar-refractivity contribution in [2.75, 3.05) is 25.1 Å². The summed E-state index contributed by atoms with van der Waals surface area (Å²) in [6.07, 6.45) is 2.15. The Morgan fingerprint density at radius 1 is 1.38 bits per heavy atom. The standard InChI is InChI=1S/C11H23NS/c1-7-12(8-9-13-6)10(2)11(3,4)5/h2,7-9H2,1,3-6H3. The van der Waals surface area contributed by atoms with E-state index < -0.39 is 0 Å². The van der Waals surface area contributed by atoms with E-state index in [0.29, 0.717) is 0 Å². The molecule has 0 aromatic carbocycles. The van der Waals surface area contributed by atoms with Gasteiger partial charge in [-0.1, -0.05) is 27.4 Å². The van der Waals surface area contributed by atoms with Gasteiger partial charge in [-0.15, -0.1) is 0 Å². The van der Waals surface area contributed by atoms with E-state index in [9.17, 15) is 0 Å². The van der Waals surface area contributed by atoms with Gasteiger partial charge >= 0.3 is 0 Å². The Morgan fingerprint density at radius 3 is 2.23 bits per heavy atom. The molecule has 0 heterocycles. The van der Waals surface area contributed by atoms with Crippen LogP contribution in [0, 0.1) is 5.41 Å². The van der Waals surface area contributed by atoms with Crippen molar-refractivity contribution >= 4 is 11.8 Å². The van der Waals surface area contributed by atoms with Gasteiger partial charge in [0.05, 0.1) is 0 Å². The highest BCUT2D eigenvalue weighted by molar-refractivity contribution is 7.98. The van der Waals surface area contributed by atoms with Crippen LogP contribution >= 0.6 is 11.8 Å². The number of allylic oxidation sites excluding steroid dienone is 1. The van der Waals surface area contributed by atoms with Gasteiger partial charge in [0.15, 0.2) is 0 Å². The van der Waals surface area contributed by atoms with Crippen LogP contribution in [0.5, 0.6) is 0 Å². The van der Waals surface area contributed by atoms with Crippen molar-refractivity contribution in [1.82, 2.24) is 4.90 Å². The highest BCUT2D eigenvalue weighted by atomic mass is 32.2. The van der Waals surface area contributed by atoms with Crippen LogP contribution in [0.2, 0.25) is 0 Å². The smallest absolute Gasteiger partial charge is 0.0265 e. The third kappa shape index (κ3) is 4.61. The van der Waals surface area contributed by atoms with Gasteiger partial charge in [0.25, 0.3) is 0 Å². The Balaban J connectivity index is 4.16. The second-order valence-electron chi connectivity index (χ2n) is 4.27. The van der Waals surface area contributed by atoms with Gasteiger partial charge in [0, 0.05) is 30.0 Å². The largest absolute Gasteiger partial charge is 0.374 e. The normalized spacial score (nSPS) is 11.5. The van der Waals surface area contributed by atoms with Gasteiger partial charge in [-0.2, -0.15) is 11.8 Å². The second kappa shape index (κ2) is 5.58. The number of thioether (sulfide) groups is 1. The van der Waals surface area contributed by atoms with E-state index in [1.165, 1.54) is 11.4 Å². The highest BCUT2D eigenvalue weighted by Gasteiger charge is 2.19. The first-order valence-electron chi connectivity index (χ1n) is 4.86. The molecular weight excluding hydrogens is 178 g/mol. The molecule has 0 rings (SSSR count). The summed E-state index contributed by atoms with van der Waals surface area (Å²) in [5, 5.41) is 0. The number of nitrogens with zero attached hydrogens (tertiary/aromatic N) is 1. The maximum absolute atomic E-state index is 4.17. The molecule has 0 unspecified atom stereocenters. The maximum Gasteiger partial charge on any atom is 0.0265 e. The van der Waals surface area contributed by atoms with Crippen molar-refractivity contribution in [3.05, 3.63) is 12.3 Å². The zero-order valence-corrected chi connectivity index (χ0v) is 10.5. The summed E-state index contributed by atoms with van der Waals surface area (Å²) in [5.74, 6) is 1.18. The van der Waals surface area contributed by atoms with Crippen molar-refractivity contribution < 1.29 is 0 Å². The van der Waals surface area contributed by atoms with Crippen LogP contribution in [0.15, 0.2) is 12.3 Å². The van der Waals surface area contributed by atoms with Crippen molar-refractivity contribution in [3.8, 4) is 0 Å². The third-order valence-corrected chi connectivity index (χ3v) is 2.79. The lowest BCUT2D eigenvalue weighted by Gasteiger charge is -2.33. The molecule has 13 heavy (non-hydrogen) atoms. The molecule has 0 spiro atoms. The van der Waals surface area contributed by atoms with Gasteiger partial charge < -0.3 is 4.90 Å². The van der Waals surface area contributed by atoms with Crippen LogP contribution in [-0.4, -0.2) is 30.0 Å². The minimum atomic E-state index is 0.203. The molecule has 0 amide bonds. The zero-order valence-electron chi connectivity index (χ0n) is 9.68. The summed E-state index contributed by atoms with van der Waals surface area (Å²) in [6.45, 7) is 15.2. The number of rotatable bonds is 5. The van der Waals surface area contributed by atoms with Crippen LogP contribution in [0.3, 0.4) is 0 Å². The predicted octanol–water partition coefficient (Wildman–Crippen LogP) is 3.23. The molecule has 0 saturated carbocycles. The number of hydrogen-bond acceptors (Lipinski definition) is 2. The summed E-state index contributed by atoms with van der Waals surface area (Å²) in [4.78, 5) is 2.37. The van der Waals surface area contributed by atoms with Crippen LogP contribution in [0.4, 0.5) is 0 Å². The Kier molecular flexibility index (Phi) is 5.54. The molecule has 0 saturated heterocycles. The van der Waals surface area contributed by atoms with Gasteiger partial charge in [0.1, 0.15) is 0 Å². The van der Waals surface area contributed by atoms with Crippen LogP contribution in [0.1, 0.15) is 27.7 Å². The molecule has 0 radical (unpaired) electrons. The molecule has 0 aromatic rings. The fraction of sp³-hybridized carbons (Fsp3) is 0.818. The predicted molar refractivity (Wildman–Crippen MR) is 64.2 cm³/mol. The molecule has 0 atom stereocenters. The van der Waals surface area contributed by atoms with Crippen molar-refractivity contribution in [2.24, 2.45) is 5.41 Å². The fourth-order valence-corrected chi connectivity index (χ4v) is 1.56. The Bertz CT molecular complexity index is 158. The summed E-state index contributed by atoms with van der Waals surface area (Å²) >= 11 is 1.89. The molecule has 0 fully saturated rings. The van der Waals surface area contributed by atoms with Crippen molar-refractivity contribution in [1.29, 1.82) is 0 Å². The van der Waals surface area contributed by atoms with Crippen LogP contribution < -0.4 is 0 Å². The lowest BCUT2D eigenvalue weighted by Crippen LogP contribution is -2.31. The van der Waals surface area contributed by atoms with E-state index in [0.717, 1.165) is 13.1 Å². The molecule has 0 bridgehead atoms. The minimum Gasteiger partial charge on any atom is -0.374 e. The van der Waals surface area contributed by atoms with E-state index in [4.69, 9.17) is 0 Å². The fourth-order valence-electron chi connectivity index (χ4n) is 1.16. The molecule has 78 valence electrons. The van der Waals surface area contributed by atoms with Gasteiger partial charge in [0.2, 0.25) is 0 Å². The van der Waals surface area contributed by atoms with E-state index in [1.54, 1.807) is 0 Å². The minimum absolute atomic E-state index is 0.203. The molecule has 0 N–H and O–H groups in total. The first-order chi connectivity index (χ1) is 5.93. The van der Waals surface area contributed by atoms with Crippen LogP contribution in [0.25, 0.3) is 0 Å². The van der Waals surface area contributed by atoms with Gasteiger partial charge in [-0.25, -0.2) is 0 Å². The molecule has 0 aromatic heterocycles. The van der Waals surface area contributed by atoms with E-state index >= 15 is 0 Å². The maximum atomic E-state index is 4.17. The Hall–Kier alpha value is -0.110. The highest BCUT2D eigenvalue weighted by Crippen LogP contribution is 2.26. The van der Waals surface area contributed by atoms with Crippen molar-refractivity contribution in [2.45, 2.75) is 27.7 Å². The summed E-state index contributed by atoms with van der Waals surface area (Å²) in [7, 11) is 0. The lowest BCUT2D eigenvalue weighted by molar-refractivity contribution is 0.292. The Labute approximate surface area is 87.6 Å². The first-order valence-corrected chi connectivity index (χ1v) is 6.26. The third-order valence-electron chi connectivity index (χ3n) is 2.19. The lowest BCUT2D eigenvalue weighted by atomic mass is 9.92. The average molecular weight is 201 g/mol. The van der Waals surface area contributed by atoms with Crippen LogP contribution in [-0.2, 0) is 0 Å². The summed E-state index contributed by atoms with van der Waals surface area (Å²) in [6, 6.07) is 0. The molecular formula is C11H23NS. The van der Waals surface area contributed by atoms with Crippen molar-refractivity contribution in [3.63, 3.8) is 0 Å². The molecule has 0 aliphatic carbocycles. The SMILES string of the molecule is C=C(N(CC)CCSC)C(C)(C)C. The van der Waals surface area contributed by atoms with E-state index in [-0.39, 0.29) is 5.41 Å². The second-order valence-corrected chi connectivity index (χ2v) is 5.25. The van der Waals surface area contributed by atoms with E-state index in [2.05, 4.69) is 45.4 Å². The quantitative estimate of drug-likeness (QED) is 0.672. The molecule has 0 aliphatic heterocycles. The topological polar surface area (TPSA) is 3.24 Å². The van der Waals surface area contributed by atoms with Gasteiger partial charge in [-0.3, -0.25) is 0 Å². The molecule has 0 aliphatic rings. The van der Waals surface area contributed by atoms with E-state index in [1.807, 2.05) is 11.8 Å². The monoisotopic (exact) mass is 201 g/mol. The summed E-state index contributed by atoms with van der Waals surface area (Å²) in [5.41, 5.74) is 1.46. The average Bonchev–Trinajstić information content (AvgIpc) is 2.04. The summed E-state index contributed by atoms with van der Waals surface area (Å²) < 4.78 is 0. The first kappa shape index (κ1) is 12.9. The number of hydrogen-bond donors (Lipinski definition) is 0. The van der Waals surface area contributed by atoms with Gasteiger partial charge in [-0.05, 0) is 13.2 Å². The molecule has 2 heteroatoms. The zero-order chi connectivity index (χ0) is 10.5.